The summed E-state index contributed by atoms with van der Waals surface area (Å²) in [6.45, 7) is 0.820. The lowest BCUT2D eigenvalue weighted by Crippen LogP contribution is -2.41. The number of anilines is 1. The van der Waals surface area contributed by atoms with Crippen LogP contribution >= 0.6 is 0 Å². The van der Waals surface area contributed by atoms with Gasteiger partial charge >= 0.3 is 0 Å². The molecule has 4 rings (SSSR count). The van der Waals surface area contributed by atoms with Crippen LogP contribution in [0.5, 0.6) is 0 Å². The van der Waals surface area contributed by atoms with E-state index in [4.69, 9.17) is 0 Å². The molecule has 2 heterocycles. The van der Waals surface area contributed by atoms with Crippen LogP contribution < -0.4 is 4.90 Å². The molecule has 2 atom stereocenters. The van der Waals surface area contributed by atoms with Crippen LogP contribution in [-0.2, 0) is 16.0 Å². The van der Waals surface area contributed by atoms with E-state index < -0.39 is 17.6 Å². The van der Waals surface area contributed by atoms with Crippen LogP contribution in [0.25, 0.3) is 0 Å². The third-order valence-electron chi connectivity index (χ3n) is 5.65. The predicted octanol–water partition coefficient (Wildman–Crippen LogP) is 3.55. The summed E-state index contributed by atoms with van der Waals surface area (Å²) in [6, 6.07) is 13.3. The first kappa shape index (κ1) is 18.6. The number of likely N-dealkylation sites (tertiary alicyclic amines) is 1. The van der Waals surface area contributed by atoms with Crippen molar-refractivity contribution in [3.05, 3.63) is 65.7 Å². The number of rotatable bonds is 4. The molecule has 0 unspecified atom stereocenters. The average molecular weight is 384 g/mol. The van der Waals surface area contributed by atoms with Crippen molar-refractivity contribution >= 4 is 17.5 Å². The molecule has 4 nitrogen and oxygen atoms in total. The minimum absolute atomic E-state index is 0.0314. The van der Waals surface area contributed by atoms with Gasteiger partial charge in [-0.05, 0) is 37.0 Å². The van der Waals surface area contributed by atoms with E-state index in [1.807, 2.05) is 23.1 Å². The van der Waals surface area contributed by atoms with Gasteiger partial charge in [-0.1, -0.05) is 30.3 Å². The highest BCUT2D eigenvalue weighted by Gasteiger charge is 2.40. The van der Waals surface area contributed by atoms with E-state index in [2.05, 4.69) is 12.1 Å². The third-order valence-corrected chi connectivity index (χ3v) is 5.65. The fourth-order valence-corrected chi connectivity index (χ4v) is 4.26. The van der Waals surface area contributed by atoms with Crippen molar-refractivity contribution in [3.63, 3.8) is 0 Å². The summed E-state index contributed by atoms with van der Waals surface area (Å²) >= 11 is 0. The number of hydrogen-bond donors (Lipinski definition) is 0. The zero-order valence-corrected chi connectivity index (χ0v) is 15.5. The molecule has 28 heavy (non-hydrogen) atoms. The molecule has 2 aliphatic heterocycles. The lowest BCUT2D eigenvalue weighted by molar-refractivity contribution is -0.136. The first-order valence-corrected chi connectivity index (χ1v) is 9.63. The normalized spacial score (nSPS) is 22.1. The van der Waals surface area contributed by atoms with Gasteiger partial charge in [0.05, 0.1) is 11.6 Å². The van der Waals surface area contributed by atoms with Gasteiger partial charge in [-0.3, -0.25) is 9.59 Å². The number of nitrogens with zero attached hydrogens (tertiary/aromatic N) is 2. The molecule has 0 radical (unpaired) electrons. The molecule has 0 aliphatic carbocycles. The second kappa shape index (κ2) is 7.70. The molecule has 0 N–H and O–H groups in total. The Morgan fingerprint density at radius 1 is 1.11 bits per heavy atom. The van der Waals surface area contributed by atoms with Crippen molar-refractivity contribution in [1.82, 2.24) is 4.90 Å². The molecule has 2 aromatic carbocycles. The van der Waals surface area contributed by atoms with Crippen molar-refractivity contribution in [2.75, 3.05) is 18.0 Å². The van der Waals surface area contributed by atoms with Gasteiger partial charge in [-0.25, -0.2) is 8.78 Å². The van der Waals surface area contributed by atoms with E-state index in [-0.39, 0.29) is 36.5 Å². The highest BCUT2D eigenvalue weighted by atomic mass is 19.1. The maximum atomic E-state index is 14.1. The van der Waals surface area contributed by atoms with Gasteiger partial charge in [0.15, 0.2) is 0 Å². The topological polar surface area (TPSA) is 40.6 Å². The molecule has 2 saturated heterocycles. The molecule has 2 aromatic rings. The Hall–Kier alpha value is -2.76. The zero-order valence-electron chi connectivity index (χ0n) is 15.5. The van der Waals surface area contributed by atoms with Crippen LogP contribution in [0.15, 0.2) is 48.5 Å². The van der Waals surface area contributed by atoms with Crippen LogP contribution in [0, 0.1) is 17.6 Å². The minimum Gasteiger partial charge on any atom is -0.339 e. The maximum absolute atomic E-state index is 14.1. The molecule has 0 spiro atoms. The smallest absolute Gasteiger partial charge is 0.228 e. The minimum atomic E-state index is -0.787. The largest absolute Gasteiger partial charge is 0.339 e. The summed E-state index contributed by atoms with van der Waals surface area (Å²) in [5, 5.41) is 0. The number of amides is 2. The Labute approximate surface area is 162 Å². The van der Waals surface area contributed by atoms with Crippen molar-refractivity contribution in [1.29, 1.82) is 0 Å². The van der Waals surface area contributed by atoms with E-state index >= 15 is 0 Å². The molecule has 0 saturated carbocycles. The van der Waals surface area contributed by atoms with E-state index in [9.17, 15) is 18.4 Å². The summed E-state index contributed by atoms with van der Waals surface area (Å²) < 4.78 is 27.2. The first-order chi connectivity index (χ1) is 13.5. The van der Waals surface area contributed by atoms with E-state index in [1.54, 1.807) is 0 Å². The highest BCUT2D eigenvalue weighted by molar-refractivity contribution is 6.00. The number of carbonyl (C=O) groups is 2. The van der Waals surface area contributed by atoms with E-state index in [0.29, 0.717) is 6.54 Å². The highest BCUT2D eigenvalue weighted by Crippen LogP contribution is 2.31. The molecule has 2 aliphatic rings. The Morgan fingerprint density at radius 2 is 1.89 bits per heavy atom. The summed E-state index contributed by atoms with van der Waals surface area (Å²) in [7, 11) is 0. The Bertz CT molecular complexity index is 887. The summed E-state index contributed by atoms with van der Waals surface area (Å²) in [5.74, 6) is -2.32. The monoisotopic (exact) mass is 384 g/mol. The predicted molar refractivity (Wildman–Crippen MR) is 102 cm³/mol. The first-order valence-electron chi connectivity index (χ1n) is 9.63. The van der Waals surface area contributed by atoms with Gasteiger partial charge in [-0.15, -0.1) is 0 Å². The maximum Gasteiger partial charge on any atom is 0.228 e. The SMILES string of the molecule is O=C1C[C@H](C(=O)N2CCC[C@H]2Cc2ccccc2)CN1c1ccc(F)cc1F. The molecule has 6 heteroatoms. The zero-order chi connectivity index (χ0) is 19.7. The van der Waals surface area contributed by atoms with Crippen LogP contribution in [0.2, 0.25) is 0 Å². The summed E-state index contributed by atoms with van der Waals surface area (Å²) in [5.41, 5.74) is 1.22. The van der Waals surface area contributed by atoms with Crippen molar-refractivity contribution in [2.45, 2.75) is 31.7 Å². The molecular weight excluding hydrogens is 362 g/mol. The molecule has 2 fully saturated rings. The average Bonchev–Trinajstić information content (AvgIpc) is 3.29. The van der Waals surface area contributed by atoms with Crippen LogP contribution in [-0.4, -0.2) is 35.8 Å². The lowest BCUT2D eigenvalue weighted by Gasteiger charge is -2.27. The second-order valence-electron chi connectivity index (χ2n) is 7.52. The third kappa shape index (κ3) is 3.63. The Balaban J connectivity index is 1.47. The Kier molecular flexibility index (Phi) is 5.11. The molecule has 0 bridgehead atoms. The summed E-state index contributed by atoms with van der Waals surface area (Å²) in [6.07, 6.45) is 2.74. The number of halogens is 2. The van der Waals surface area contributed by atoms with Gasteiger partial charge in [0.25, 0.3) is 0 Å². The standard InChI is InChI=1S/C22H22F2N2O2/c23-17-8-9-20(19(24)13-17)26-14-16(12-21(26)27)22(28)25-10-4-7-18(25)11-15-5-2-1-3-6-15/h1-3,5-6,8-9,13,16,18H,4,7,10-12,14H2/t16-,18-/m0/s1. The molecule has 0 aromatic heterocycles. The molecule has 2 amide bonds. The number of hydrogen-bond acceptors (Lipinski definition) is 2. The van der Waals surface area contributed by atoms with E-state index in [1.165, 1.54) is 16.5 Å². The fraction of sp³-hybridized carbons (Fsp3) is 0.364. The van der Waals surface area contributed by atoms with Crippen LogP contribution in [0.1, 0.15) is 24.8 Å². The van der Waals surface area contributed by atoms with E-state index in [0.717, 1.165) is 31.4 Å². The van der Waals surface area contributed by atoms with Gasteiger partial charge in [0.1, 0.15) is 11.6 Å². The fourth-order valence-electron chi connectivity index (χ4n) is 4.26. The molecular formula is C22H22F2N2O2. The van der Waals surface area contributed by atoms with Gasteiger partial charge in [0, 0.05) is 31.6 Å². The van der Waals surface area contributed by atoms with Gasteiger partial charge < -0.3 is 9.80 Å². The van der Waals surface area contributed by atoms with Crippen molar-refractivity contribution in [2.24, 2.45) is 5.92 Å². The van der Waals surface area contributed by atoms with Crippen LogP contribution in [0.4, 0.5) is 14.5 Å². The molecule has 146 valence electrons. The van der Waals surface area contributed by atoms with Crippen LogP contribution in [0.3, 0.4) is 0 Å². The summed E-state index contributed by atoms with van der Waals surface area (Å²) in [4.78, 5) is 28.7. The number of benzene rings is 2. The van der Waals surface area contributed by atoms with Gasteiger partial charge in [-0.2, -0.15) is 0 Å². The quantitative estimate of drug-likeness (QED) is 0.809. The second-order valence-corrected chi connectivity index (χ2v) is 7.52. The van der Waals surface area contributed by atoms with Crippen molar-refractivity contribution < 1.29 is 18.4 Å². The van der Waals surface area contributed by atoms with Crippen molar-refractivity contribution in [3.8, 4) is 0 Å². The lowest BCUT2D eigenvalue weighted by atomic mass is 10.0. The van der Waals surface area contributed by atoms with Gasteiger partial charge in [0.2, 0.25) is 11.8 Å². The number of carbonyl (C=O) groups excluding carboxylic acids is 2. The Morgan fingerprint density at radius 3 is 2.64 bits per heavy atom.